The summed E-state index contributed by atoms with van der Waals surface area (Å²) < 4.78 is 0. The van der Waals surface area contributed by atoms with Crippen LogP contribution in [0.15, 0.2) is 0 Å². The summed E-state index contributed by atoms with van der Waals surface area (Å²) in [5.41, 5.74) is 15.7. The molecule has 13 nitrogen and oxygen atoms in total. The molecule has 4 unspecified atom stereocenters. The number of carboxylic acid groups (broad SMARTS) is 1. The number of amides is 5. The van der Waals surface area contributed by atoms with Crippen LogP contribution >= 0.6 is 0 Å². The molecule has 0 heterocycles. The molecule has 5 amide bonds. The van der Waals surface area contributed by atoms with E-state index in [9.17, 15) is 28.8 Å². The van der Waals surface area contributed by atoms with Crippen LogP contribution in [-0.4, -0.2) is 64.8 Å². The summed E-state index contributed by atoms with van der Waals surface area (Å²) in [5.74, 6) is -5.20. The maximum Gasteiger partial charge on any atom is 0.326 e. The summed E-state index contributed by atoms with van der Waals surface area (Å²) in [5, 5.41) is 16.2. The molecule has 0 spiro atoms. The molecule has 0 aromatic heterocycles. The van der Waals surface area contributed by atoms with E-state index in [4.69, 9.17) is 22.3 Å². The molecule has 0 aliphatic heterocycles. The van der Waals surface area contributed by atoms with Crippen LogP contribution in [0.5, 0.6) is 0 Å². The Balaban J connectivity index is 4.96. The molecule has 0 aliphatic carbocycles. The van der Waals surface area contributed by atoms with Crippen LogP contribution in [0.1, 0.15) is 46.5 Å². The summed E-state index contributed by atoms with van der Waals surface area (Å²) in [7, 11) is 0. The van der Waals surface area contributed by atoms with Gasteiger partial charge < -0.3 is 38.3 Å². The van der Waals surface area contributed by atoms with Crippen LogP contribution in [0.2, 0.25) is 0 Å². The highest BCUT2D eigenvalue weighted by Gasteiger charge is 2.30. The average molecular weight is 444 g/mol. The lowest BCUT2D eigenvalue weighted by molar-refractivity contribution is -0.142. The third-order valence-electron chi connectivity index (χ3n) is 4.33. The van der Waals surface area contributed by atoms with E-state index in [1.165, 1.54) is 6.92 Å². The summed E-state index contributed by atoms with van der Waals surface area (Å²) in [4.78, 5) is 69.9. The normalized spacial score (nSPS) is 14.6. The number of primary amides is 2. The molecule has 0 aliphatic rings. The van der Waals surface area contributed by atoms with E-state index < -0.39 is 59.7 Å². The van der Waals surface area contributed by atoms with Crippen molar-refractivity contribution in [2.24, 2.45) is 23.1 Å². The molecule has 0 rings (SSSR count). The van der Waals surface area contributed by atoms with Gasteiger partial charge in [0.2, 0.25) is 29.5 Å². The van der Waals surface area contributed by atoms with Gasteiger partial charge in [0.15, 0.2) is 0 Å². The molecule has 31 heavy (non-hydrogen) atoms. The van der Waals surface area contributed by atoms with E-state index >= 15 is 0 Å². The van der Waals surface area contributed by atoms with E-state index in [0.29, 0.717) is 0 Å². The lowest BCUT2D eigenvalue weighted by atomic mass is 10.0. The minimum absolute atomic E-state index is 0.00822. The predicted molar refractivity (Wildman–Crippen MR) is 109 cm³/mol. The summed E-state index contributed by atoms with van der Waals surface area (Å²) >= 11 is 0. The fourth-order valence-electron chi connectivity index (χ4n) is 2.43. The van der Waals surface area contributed by atoms with E-state index in [1.54, 1.807) is 13.8 Å². The molecule has 0 fully saturated rings. The molecule has 13 heteroatoms. The monoisotopic (exact) mass is 444 g/mol. The van der Waals surface area contributed by atoms with Crippen molar-refractivity contribution in [2.75, 3.05) is 0 Å². The van der Waals surface area contributed by atoms with Crippen molar-refractivity contribution in [2.45, 2.75) is 70.6 Å². The Labute approximate surface area is 179 Å². The predicted octanol–water partition coefficient (Wildman–Crippen LogP) is -2.94. The smallest absolute Gasteiger partial charge is 0.326 e. The molecule has 4 atom stereocenters. The zero-order chi connectivity index (χ0) is 24.3. The second-order valence-corrected chi connectivity index (χ2v) is 7.48. The quantitative estimate of drug-likeness (QED) is 0.146. The topological polar surface area (TPSA) is 237 Å². The van der Waals surface area contributed by atoms with E-state index in [-0.39, 0.29) is 31.6 Å². The Hall–Kier alpha value is -3.22. The van der Waals surface area contributed by atoms with Crippen LogP contribution in [0.4, 0.5) is 0 Å². The second kappa shape index (κ2) is 13.2. The fraction of sp³-hybridized carbons (Fsp3) is 0.667. The summed E-state index contributed by atoms with van der Waals surface area (Å²) in [6, 6.07) is -4.58. The average Bonchev–Trinajstić information content (AvgIpc) is 2.65. The third kappa shape index (κ3) is 10.9. The molecule has 176 valence electrons. The molecular weight excluding hydrogens is 412 g/mol. The van der Waals surface area contributed by atoms with Gasteiger partial charge in [-0.15, -0.1) is 0 Å². The number of hydrogen-bond acceptors (Lipinski definition) is 7. The highest BCUT2D eigenvalue weighted by atomic mass is 16.4. The van der Waals surface area contributed by atoms with Gasteiger partial charge in [0, 0.05) is 12.8 Å². The number of carbonyl (C=O) groups excluding carboxylic acids is 5. The number of nitrogens with two attached hydrogens (primary N) is 3. The van der Waals surface area contributed by atoms with Crippen molar-refractivity contribution in [1.29, 1.82) is 0 Å². The lowest BCUT2D eigenvalue weighted by Gasteiger charge is -2.25. The van der Waals surface area contributed by atoms with Crippen LogP contribution in [0.25, 0.3) is 0 Å². The number of carbonyl (C=O) groups is 6. The van der Waals surface area contributed by atoms with E-state index in [2.05, 4.69) is 16.0 Å². The Morgan fingerprint density at radius 1 is 0.774 bits per heavy atom. The van der Waals surface area contributed by atoms with Gasteiger partial charge in [-0.05, 0) is 25.7 Å². The number of rotatable bonds is 14. The van der Waals surface area contributed by atoms with Crippen LogP contribution in [0.3, 0.4) is 0 Å². The summed E-state index contributed by atoms with van der Waals surface area (Å²) in [6.45, 7) is 4.65. The SMILES string of the molecule is CC(NC(=O)C(NC(=O)C(N)CCC(N)=O)C(C)C)C(=O)NC(CCC(N)=O)C(=O)O. The van der Waals surface area contributed by atoms with Crippen LogP contribution in [0, 0.1) is 5.92 Å². The third-order valence-corrected chi connectivity index (χ3v) is 4.33. The van der Waals surface area contributed by atoms with Gasteiger partial charge >= 0.3 is 5.97 Å². The van der Waals surface area contributed by atoms with E-state index in [0.717, 1.165) is 0 Å². The van der Waals surface area contributed by atoms with Gasteiger partial charge in [0.05, 0.1) is 6.04 Å². The van der Waals surface area contributed by atoms with Crippen LogP contribution < -0.4 is 33.2 Å². The zero-order valence-electron chi connectivity index (χ0n) is 17.8. The van der Waals surface area contributed by atoms with Gasteiger partial charge in [-0.25, -0.2) is 4.79 Å². The Morgan fingerprint density at radius 3 is 1.74 bits per heavy atom. The number of nitrogens with one attached hydrogen (secondary N) is 3. The van der Waals surface area contributed by atoms with Gasteiger partial charge in [-0.1, -0.05) is 13.8 Å². The van der Waals surface area contributed by atoms with Crippen molar-refractivity contribution in [1.82, 2.24) is 16.0 Å². The maximum absolute atomic E-state index is 12.6. The molecule has 0 radical (unpaired) electrons. The first-order chi connectivity index (χ1) is 14.3. The first-order valence-electron chi connectivity index (χ1n) is 9.72. The highest BCUT2D eigenvalue weighted by molar-refractivity contribution is 5.94. The number of aliphatic carboxylic acids is 1. The minimum Gasteiger partial charge on any atom is -0.480 e. The number of carboxylic acids is 1. The van der Waals surface area contributed by atoms with Crippen molar-refractivity contribution in [3.63, 3.8) is 0 Å². The second-order valence-electron chi connectivity index (χ2n) is 7.48. The Morgan fingerprint density at radius 2 is 1.29 bits per heavy atom. The van der Waals surface area contributed by atoms with Crippen molar-refractivity contribution < 1.29 is 33.9 Å². The molecule has 0 aromatic rings. The largest absolute Gasteiger partial charge is 0.480 e. The standard InChI is InChI=1S/C18H32N6O7/c1-8(2)14(24-16(28)10(19)4-6-12(20)25)17(29)22-9(3)15(27)23-11(18(30)31)5-7-13(21)26/h8-11,14H,4-7,19H2,1-3H3,(H2,20,25)(H2,21,26)(H,22,29)(H,23,27)(H,24,28)(H,30,31). The molecule has 0 bridgehead atoms. The van der Waals surface area contributed by atoms with Gasteiger partial charge in [-0.2, -0.15) is 0 Å². The fourth-order valence-corrected chi connectivity index (χ4v) is 2.43. The van der Waals surface area contributed by atoms with E-state index in [1.807, 2.05) is 0 Å². The lowest BCUT2D eigenvalue weighted by Crippen LogP contribution is -2.57. The number of hydrogen-bond donors (Lipinski definition) is 7. The molecule has 10 N–H and O–H groups in total. The Kier molecular flexibility index (Phi) is 11.8. The minimum atomic E-state index is -1.36. The highest BCUT2D eigenvalue weighted by Crippen LogP contribution is 2.05. The molecule has 0 saturated heterocycles. The van der Waals surface area contributed by atoms with Crippen LogP contribution in [-0.2, 0) is 28.8 Å². The van der Waals surface area contributed by atoms with Gasteiger partial charge in [-0.3, -0.25) is 24.0 Å². The molecule has 0 aromatic carbocycles. The Bertz CT molecular complexity index is 697. The zero-order valence-corrected chi connectivity index (χ0v) is 17.8. The first-order valence-corrected chi connectivity index (χ1v) is 9.72. The molecular formula is C18H32N6O7. The van der Waals surface area contributed by atoms with Gasteiger partial charge in [0.25, 0.3) is 0 Å². The van der Waals surface area contributed by atoms with Crippen molar-refractivity contribution in [3.8, 4) is 0 Å². The summed E-state index contributed by atoms with van der Waals surface area (Å²) in [6.07, 6.45) is -0.528. The van der Waals surface area contributed by atoms with Gasteiger partial charge in [0.1, 0.15) is 18.1 Å². The van der Waals surface area contributed by atoms with Crippen molar-refractivity contribution >= 4 is 35.5 Å². The van der Waals surface area contributed by atoms with Crippen molar-refractivity contribution in [3.05, 3.63) is 0 Å². The maximum atomic E-state index is 12.6. The molecule has 0 saturated carbocycles. The first kappa shape index (κ1) is 27.8.